The number of hydrogen-bond acceptors (Lipinski definition) is 5. The van der Waals surface area contributed by atoms with Gasteiger partial charge in [-0.25, -0.2) is 0 Å². The maximum absolute atomic E-state index is 12.3. The third-order valence-corrected chi connectivity index (χ3v) is 4.14. The molecule has 1 aromatic rings. The number of carbonyl (C=O) groups is 1. The van der Waals surface area contributed by atoms with Crippen molar-refractivity contribution < 1.29 is 9.53 Å². The Bertz CT molecular complexity index is 486. The van der Waals surface area contributed by atoms with Gasteiger partial charge in [0.15, 0.2) is 0 Å². The fraction of sp³-hybridized carbons (Fsp3) is 0.625. The minimum Gasteiger partial charge on any atom is -0.466 e. The highest BCUT2D eigenvalue weighted by atomic mass is 35.5. The van der Waals surface area contributed by atoms with E-state index in [0.29, 0.717) is 13.2 Å². The Morgan fingerprint density at radius 1 is 1.36 bits per heavy atom. The molecule has 25 heavy (non-hydrogen) atoms. The highest BCUT2D eigenvalue weighted by Crippen LogP contribution is 2.32. The van der Waals surface area contributed by atoms with Gasteiger partial charge < -0.3 is 15.4 Å². The number of carbonyl (C=O) groups excluding carboxylic acids is 1. The van der Waals surface area contributed by atoms with Crippen LogP contribution in [-0.4, -0.2) is 37.2 Å². The fourth-order valence-corrected chi connectivity index (χ4v) is 2.83. The molecule has 2 rings (SSSR count). The van der Waals surface area contributed by atoms with Crippen molar-refractivity contribution in [2.24, 2.45) is 5.41 Å². The summed E-state index contributed by atoms with van der Waals surface area (Å²) in [6.07, 6.45) is 6.29. The van der Waals surface area contributed by atoms with Gasteiger partial charge in [0, 0.05) is 19.3 Å². The maximum atomic E-state index is 12.3. The van der Waals surface area contributed by atoms with Crippen LogP contribution in [0, 0.1) is 12.3 Å². The summed E-state index contributed by atoms with van der Waals surface area (Å²) < 4.78 is 5.29. The number of ether oxygens (including phenoxy) is 1. The molecule has 1 atom stereocenters. The van der Waals surface area contributed by atoms with Crippen LogP contribution in [0.3, 0.4) is 0 Å². The molecular weight excluding hydrogens is 408 g/mol. The average molecular weight is 437 g/mol. The summed E-state index contributed by atoms with van der Waals surface area (Å²) in [6.45, 7) is 6.78. The van der Waals surface area contributed by atoms with E-state index in [4.69, 9.17) is 4.74 Å². The largest absolute Gasteiger partial charge is 0.466 e. The number of pyridine rings is 1. The predicted octanol–water partition coefficient (Wildman–Crippen LogP) is 3.81. The van der Waals surface area contributed by atoms with Crippen LogP contribution in [0.4, 0.5) is 5.69 Å². The lowest BCUT2D eigenvalue weighted by atomic mass is 9.77. The Morgan fingerprint density at radius 2 is 2.08 bits per heavy atom. The number of hydrogen-bond donors (Lipinski definition) is 2. The lowest BCUT2D eigenvalue weighted by Gasteiger charge is -2.35. The fourth-order valence-electron chi connectivity index (χ4n) is 2.83. The van der Waals surface area contributed by atoms with Crippen molar-refractivity contribution >= 4 is 61.3 Å². The second-order valence-electron chi connectivity index (χ2n) is 5.65. The molecule has 0 aromatic carbocycles. The first-order valence-corrected chi connectivity index (χ1v) is 7.70. The van der Waals surface area contributed by atoms with E-state index in [1.54, 1.807) is 6.20 Å². The van der Waals surface area contributed by atoms with Crippen molar-refractivity contribution in [3.05, 3.63) is 24.0 Å². The topological polar surface area (TPSA) is 63.2 Å². The quantitative estimate of drug-likeness (QED) is 0.663. The Labute approximate surface area is 175 Å². The summed E-state index contributed by atoms with van der Waals surface area (Å²) in [5.41, 5.74) is 1.80. The summed E-state index contributed by atoms with van der Waals surface area (Å²) >= 11 is 0. The molecular formula is C16H29Cl4N3O2. The molecule has 9 heteroatoms. The van der Waals surface area contributed by atoms with E-state index in [0.717, 1.165) is 43.6 Å². The predicted molar refractivity (Wildman–Crippen MR) is 112 cm³/mol. The molecule has 1 unspecified atom stereocenters. The van der Waals surface area contributed by atoms with Gasteiger partial charge >= 0.3 is 5.97 Å². The van der Waals surface area contributed by atoms with Gasteiger partial charge in [-0.2, -0.15) is 0 Å². The number of aromatic nitrogens is 1. The lowest BCUT2D eigenvalue weighted by molar-refractivity contribution is -0.157. The van der Waals surface area contributed by atoms with Gasteiger partial charge in [0.2, 0.25) is 0 Å². The zero-order valence-corrected chi connectivity index (χ0v) is 17.8. The zero-order chi connectivity index (χ0) is 15.1. The SMILES string of the molecule is CCOC(=O)C1(CCNc2cnccc2C)CCCNC1.Cl.Cl.Cl.Cl. The van der Waals surface area contributed by atoms with Crippen LogP contribution >= 0.6 is 49.6 Å². The number of esters is 1. The van der Waals surface area contributed by atoms with Gasteiger partial charge in [0.1, 0.15) is 0 Å². The number of anilines is 1. The third-order valence-electron chi connectivity index (χ3n) is 4.14. The van der Waals surface area contributed by atoms with Crippen molar-refractivity contribution in [1.82, 2.24) is 10.3 Å². The first-order valence-electron chi connectivity index (χ1n) is 7.70. The first-order chi connectivity index (χ1) is 10.2. The highest BCUT2D eigenvalue weighted by Gasteiger charge is 2.40. The number of piperidine rings is 1. The molecule has 0 spiro atoms. The molecule has 2 heterocycles. The summed E-state index contributed by atoms with van der Waals surface area (Å²) in [5, 5.41) is 6.72. The summed E-state index contributed by atoms with van der Waals surface area (Å²) in [6, 6.07) is 1.98. The molecule has 0 saturated carbocycles. The van der Waals surface area contributed by atoms with E-state index in [-0.39, 0.29) is 55.6 Å². The molecule has 1 fully saturated rings. The summed E-state index contributed by atoms with van der Waals surface area (Å²) in [5.74, 6) is -0.0677. The first kappa shape index (κ1) is 29.3. The second-order valence-corrected chi connectivity index (χ2v) is 5.65. The maximum Gasteiger partial charge on any atom is 0.313 e. The Balaban J connectivity index is -0.00000121. The molecule has 0 amide bonds. The van der Waals surface area contributed by atoms with Gasteiger partial charge in [-0.1, -0.05) is 0 Å². The van der Waals surface area contributed by atoms with Gasteiger partial charge in [-0.3, -0.25) is 9.78 Å². The van der Waals surface area contributed by atoms with Gasteiger partial charge in [-0.05, 0) is 51.3 Å². The number of nitrogens with one attached hydrogen (secondary N) is 2. The molecule has 148 valence electrons. The molecule has 5 nitrogen and oxygen atoms in total. The summed E-state index contributed by atoms with van der Waals surface area (Å²) in [7, 11) is 0. The number of nitrogens with zero attached hydrogens (tertiary/aromatic N) is 1. The molecule has 1 aliphatic rings. The van der Waals surface area contributed by atoms with Crippen molar-refractivity contribution in [2.75, 3.05) is 31.6 Å². The van der Waals surface area contributed by atoms with E-state index in [1.807, 2.05) is 26.1 Å². The van der Waals surface area contributed by atoms with E-state index in [1.165, 1.54) is 0 Å². The smallest absolute Gasteiger partial charge is 0.313 e. The monoisotopic (exact) mass is 435 g/mol. The number of aryl methyl sites for hydroxylation is 1. The van der Waals surface area contributed by atoms with E-state index < -0.39 is 5.41 Å². The Hall–Kier alpha value is -0.460. The zero-order valence-electron chi connectivity index (χ0n) is 14.6. The Morgan fingerprint density at radius 3 is 2.64 bits per heavy atom. The minimum atomic E-state index is -0.391. The average Bonchev–Trinajstić information content (AvgIpc) is 2.50. The molecule has 0 radical (unpaired) electrons. The highest BCUT2D eigenvalue weighted by molar-refractivity contribution is 5.86. The number of halogens is 4. The van der Waals surface area contributed by atoms with Crippen LogP contribution in [0.25, 0.3) is 0 Å². The summed E-state index contributed by atoms with van der Waals surface area (Å²) in [4.78, 5) is 16.5. The normalized spacial score (nSPS) is 18.3. The minimum absolute atomic E-state index is 0. The van der Waals surface area contributed by atoms with Gasteiger partial charge in [0.25, 0.3) is 0 Å². The van der Waals surface area contributed by atoms with E-state index in [2.05, 4.69) is 15.6 Å². The van der Waals surface area contributed by atoms with E-state index >= 15 is 0 Å². The van der Waals surface area contributed by atoms with Crippen LogP contribution < -0.4 is 10.6 Å². The lowest BCUT2D eigenvalue weighted by Crippen LogP contribution is -2.47. The van der Waals surface area contributed by atoms with Crippen molar-refractivity contribution in [3.63, 3.8) is 0 Å². The molecule has 1 aliphatic heterocycles. The molecule has 1 saturated heterocycles. The van der Waals surface area contributed by atoms with Crippen LogP contribution in [0.5, 0.6) is 0 Å². The molecule has 0 aliphatic carbocycles. The van der Waals surface area contributed by atoms with Crippen LogP contribution in [0.15, 0.2) is 18.5 Å². The van der Waals surface area contributed by atoms with Gasteiger partial charge in [0.05, 0.1) is 23.9 Å². The standard InChI is InChI=1S/C16H25N3O2.4ClH/c1-3-21-15(20)16(6-4-8-18-12-16)7-10-19-14-11-17-9-5-13(14)2;;;;/h5,9,11,18-19H,3-4,6-8,10,12H2,1-2H3;4*1H. The van der Waals surface area contributed by atoms with Crippen LogP contribution in [0.1, 0.15) is 31.7 Å². The van der Waals surface area contributed by atoms with Crippen LogP contribution in [-0.2, 0) is 9.53 Å². The molecule has 1 aromatic heterocycles. The van der Waals surface area contributed by atoms with Crippen LogP contribution in [0.2, 0.25) is 0 Å². The van der Waals surface area contributed by atoms with Gasteiger partial charge in [-0.15, -0.1) is 49.6 Å². The van der Waals surface area contributed by atoms with Crippen molar-refractivity contribution in [2.45, 2.75) is 33.1 Å². The Kier molecular flexibility index (Phi) is 17.2. The van der Waals surface area contributed by atoms with Crippen molar-refractivity contribution in [3.8, 4) is 0 Å². The number of rotatable bonds is 6. The second kappa shape index (κ2) is 14.7. The van der Waals surface area contributed by atoms with Crippen molar-refractivity contribution in [1.29, 1.82) is 0 Å². The third kappa shape index (κ3) is 8.18. The molecule has 2 N–H and O–H groups in total. The van der Waals surface area contributed by atoms with E-state index in [9.17, 15) is 4.79 Å². The molecule has 0 bridgehead atoms.